The van der Waals surface area contributed by atoms with Crippen molar-refractivity contribution in [1.82, 2.24) is 0 Å². The molecule has 0 radical (unpaired) electrons. The van der Waals surface area contributed by atoms with E-state index < -0.39 is 0 Å². The highest BCUT2D eigenvalue weighted by molar-refractivity contribution is 6.52. The summed E-state index contributed by atoms with van der Waals surface area (Å²) in [5, 5.41) is 0. The molecule has 0 atom stereocenters. The Balaban J connectivity index is 2.47. The third kappa shape index (κ3) is 0.148. The minimum Gasteiger partial charge on any atom is -0.106 e. The van der Waals surface area contributed by atoms with E-state index >= 15 is 0 Å². The van der Waals surface area contributed by atoms with Crippen molar-refractivity contribution < 1.29 is 0 Å². The van der Waals surface area contributed by atoms with Crippen molar-refractivity contribution in [2.24, 2.45) is 0 Å². The van der Waals surface area contributed by atoms with Gasteiger partial charge in [-0.15, -0.1) is 5.67 Å². The van der Waals surface area contributed by atoms with Crippen molar-refractivity contribution in [1.29, 1.82) is 0 Å². The van der Waals surface area contributed by atoms with Crippen LogP contribution in [0.15, 0.2) is 0 Å². The highest BCUT2D eigenvalue weighted by Gasteiger charge is 1.82. The van der Waals surface area contributed by atoms with Gasteiger partial charge in [-0.1, -0.05) is 0 Å². The van der Waals surface area contributed by atoms with Crippen LogP contribution in [0, 0.1) is 0 Å². The zero-order chi connectivity index (χ0) is 2.83. The molecule has 0 amide bonds. The lowest BCUT2D eigenvalue weighted by molar-refractivity contribution is 1.29. The average molecular weight is 70.2 g/mol. The fraction of sp³-hybridized carbons (Fsp3) is 0.667. The summed E-state index contributed by atoms with van der Waals surface area (Å²) in [4.78, 5) is 0. The normalized spacial score (nSPS) is 20.0. The van der Waals surface area contributed by atoms with Crippen LogP contribution in [0.1, 0.15) is 6.42 Å². The Morgan fingerprint density at radius 2 is 2.00 bits per heavy atom. The monoisotopic (exact) mass is 70.0 g/mol. The zero-order valence-corrected chi connectivity index (χ0v) is 3.72. The standard InChI is InChI=1S/C3H6Si/c1-2-4-3-1/h2,4H,1,3H2. The molecule has 0 unspecified atom stereocenters. The van der Waals surface area contributed by atoms with Gasteiger partial charge in [0, 0.05) is 0 Å². The Labute approximate surface area is 28.3 Å². The first-order chi connectivity index (χ1) is 2.00. The van der Waals surface area contributed by atoms with Gasteiger partial charge in [0.1, 0.15) is 0 Å². The molecule has 1 rings (SSSR count). The largest absolute Gasteiger partial charge is 0.106 e. The highest BCUT2D eigenvalue weighted by atomic mass is 28.2. The van der Waals surface area contributed by atoms with Crippen LogP contribution >= 0.6 is 0 Å². The zero-order valence-electron chi connectivity index (χ0n) is 2.57. The van der Waals surface area contributed by atoms with E-state index in [0.29, 0.717) is 0 Å². The van der Waals surface area contributed by atoms with Crippen LogP contribution in [0.25, 0.3) is 0 Å². The Hall–Kier alpha value is 0.0869. The molecule has 0 aliphatic carbocycles. The van der Waals surface area contributed by atoms with Crippen LogP contribution < -0.4 is 0 Å². The van der Waals surface area contributed by atoms with Gasteiger partial charge in [0.2, 0.25) is 0 Å². The van der Waals surface area contributed by atoms with Crippen molar-refractivity contribution in [3.05, 3.63) is 0 Å². The van der Waals surface area contributed by atoms with E-state index in [2.05, 4.69) is 5.67 Å². The first-order valence-corrected chi connectivity index (χ1v) is 3.13. The Kier molecular flexibility index (Phi) is 0.469. The molecule has 1 aliphatic heterocycles. The Morgan fingerprint density at radius 3 is 2.00 bits per heavy atom. The summed E-state index contributed by atoms with van der Waals surface area (Å²) in [5.41, 5.74) is 2.39. The fourth-order valence-electron chi connectivity index (χ4n) is 0.167. The minimum atomic E-state index is 0.838. The molecule has 0 saturated heterocycles. The minimum absolute atomic E-state index is 0.838. The maximum Gasteiger partial charge on any atom is -0.0116 e. The second kappa shape index (κ2) is 0.805. The third-order valence-corrected chi connectivity index (χ3v) is 2.00. The van der Waals surface area contributed by atoms with E-state index in [1.165, 1.54) is 12.5 Å². The molecule has 0 spiro atoms. The highest BCUT2D eigenvalue weighted by Crippen LogP contribution is 1.86. The SMILES string of the molecule is C1=[SiH]CC1. The van der Waals surface area contributed by atoms with Crippen molar-refractivity contribution in [2.45, 2.75) is 12.5 Å². The maximum atomic E-state index is 2.39. The van der Waals surface area contributed by atoms with Crippen LogP contribution in [0.2, 0.25) is 6.04 Å². The maximum absolute atomic E-state index is 2.39. The van der Waals surface area contributed by atoms with Gasteiger partial charge in [-0.3, -0.25) is 0 Å². The average Bonchev–Trinajstić information content (AvgIpc) is 0.722. The molecule has 22 valence electrons. The quantitative estimate of drug-likeness (QED) is 0.353. The molecule has 0 fully saturated rings. The van der Waals surface area contributed by atoms with Crippen molar-refractivity contribution >= 4 is 14.8 Å². The summed E-state index contributed by atoms with van der Waals surface area (Å²) < 4.78 is 0. The van der Waals surface area contributed by atoms with E-state index in [1.807, 2.05) is 0 Å². The van der Waals surface area contributed by atoms with Gasteiger partial charge in [0.15, 0.2) is 0 Å². The summed E-state index contributed by atoms with van der Waals surface area (Å²) in [6.45, 7) is 0. The predicted molar refractivity (Wildman–Crippen MR) is 22.6 cm³/mol. The van der Waals surface area contributed by atoms with Gasteiger partial charge in [-0.05, 0) is 21.6 Å². The lowest BCUT2D eigenvalue weighted by Crippen LogP contribution is -1.93. The van der Waals surface area contributed by atoms with Gasteiger partial charge in [0.05, 0.1) is 0 Å². The molecule has 1 heteroatoms. The molecule has 0 aromatic rings. The van der Waals surface area contributed by atoms with E-state index in [0.717, 1.165) is 9.13 Å². The van der Waals surface area contributed by atoms with Crippen LogP contribution in [0.4, 0.5) is 0 Å². The Bertz CT molecular complexity index is 32.5. The molecular weight excluding hydrogens is 64.1 g/mol. The molecule has 0 N–H and O–H groups in total. The number of rotatable bonds is 0. The molecule has 0 aromatic carbocycles. The molecule has 0 saturated carbocycles. The molecule has 0 nitrogen and oxygen atoms in total. The fourth-order valence-corrected chi connectivity index (χ4v) is 0.500. The molecule has 1 aliphatic rings. The number of hydrogen-bond acceptors (Lipinski definition) is 0. The van der Waals surface area contributed by atoms with Crippen LogP contribution in [0.5, 0.6) is 0 Å². The molecule has 0 aromatic heterocycles. The van der Waals surface area contributed by atoms with E-state index in [4.69, 9.17) is 0 Å². The summed E-state index contributed by atoms with van der Waals surface area (Å²) in [5.74, 6) is 0. The van der Waals surface area contributed by atoms with Gasteiger partial charge in [-0.25, -0.2) is 0 Å². The van der Waals surface area contributed by atoms with Gasteiger partial charge < -0.3 is 0 Å². The van der Waals surface area contributed by atoms with Crippen LogP contribution in [0.3, 0.4) is 0 Å². The second-order valence-electron chi connectivity index (χ2n) is 1.05. The van der Waals surface area contributed by atoms with Gasteiger partial charge >= 0.3 is 0 Å². The van der Waals surface area contributed by atoms with Gasteiger partial charge in [0.25, 0.3) is 0 Å². The lowest BCUT2D eigenvalue weighted by Gasteiger charge is -1.91. The lowest BCUT2D eigenvalue weighted by atomic mass is 10.6. The smallest absolute Gasteiger partial charge is 0.0116 e. The van der Waals surface area contributed by atoms with E-state index in [-0.39, 0.29) is 0 Å². The second-order valence-corrected chi connectivity index (χ2v) is 2.57. The first-order valence-electron chi connectivity index (χ1n) is 1.65. The van der Waals surface area contributed by atoms with Crippen LogP contribution in [-0.2, 0) is 0 Å². The Morgan fingerprint density at radius 1 is 1.75 bits per heavy atom. The van der Waals surface area contributed by atoms with Crippen molar-refractivity contribution in [3.63, 3.8) is 0 Å². The molecule has 1 heterocycles. The van der Waals surface area contributed by atoms with Gasteiger partial charge in [-0.2, -0.15) is 0 Å². The van der Waals surface area contributed by atoms with Crippen molar-refractivity contribution in [3.8, 4) is 0 Å². The third-order valence-electron chi connectivity index (χ3n) is 0.667. The predicted octanol–water partition coefficient (Wildman–Crippen LogP) is 0.0471. The van der Waals surface area contributed by atoms with E-state index in [1.54, 1.807) is 0 Å². The van der Waals surface area contributed by atoms with E-state index in [9.17, 15) is 0 Å². The summed E-state index contributed by atoms with van der Waals surface area (Å²) >= 11 is 0. The summed E-state index contributed by atoms with van der Waals surface area (Å²) in [7, 11) is 0.838. The topological polar surface area (TPSA) is 0 Å². The first kappa shape index (κ1) is 2.33. The summed E-state index contributed by atoms with van der Waals surface area (Å²) in [6, 6.07) is 1.53. The molecular formula is C3H6Si. The van der Waals surface area contributed by atoms with Crippen molar-refractivity contribution in [2.75, 3.05) is 0 Å². The molecule has 0 bridgehead atoms. The number of hydrogen-bond donors (Lipinski definition) is 0. The molecule has 4 heavy (non-hydrogen) atoms. The van der Waals surface area contributed by atoms with Crippen LogP contribution in [-0.4, -0.2) is 14.8 Å². The summed E-state index contributed by atoms with van der Waals surface area (Å²) in [6.07, 6.45) is 1.41.